The molecule has 1 aromatic carbocycles. The molecular formula is C20H25N5O3S. The zero-order chi connectivity index (χ0) is 20.5. The lowest BCUT2D eigenvalue weighted by atomic mass is 9.92. The Morgan fingerprint density at radius 3 is 2.76 bits per heavy atom. The molecule has 154 valence electrons. The molecule has 3 heterocycles. The summed E-state index contributed by atoms with van der Waals surface area (Å²) in [6, 6.07) is 7.67. The summed E-state index contributed by atoms with van der Waals surface area (Å²) < 4.78 is 6.85. The van der Waals surface area contributed by atoms with Crippen LogP contribution in [0, 0.1) is 5.92 Å². The molecule has 2 aliphatic rings. The van der Waals surface area contributed by atoms with Crippen molar-refractivity contribution in [2.45, 2.75) is 42.6 Å². The number of hydrogen-bond donors (Lipinski definition) is 1. The van der Waals surface area contributed by atoms with Gasteiger partial charge in [-0.05, 0) is 43.6 Å². The third-order valence-corrected chi connectivity index (χ3v) is 6.86. The average Bonchev–Trinajstić information content (AvgIpc) is 3.28. The van der Waals surface area contributed by atoms with Crippen LogP contribution >= 0.6 is 11.8 Å². The Bertz CT molecular complexity index is 923. The van der Waals surface area contributed by atoms with Gasteiger partial charge in [-0.25, -0.2) is 4.98 Å². The lowest BCUT2D eigenvalue weighted by Gasteiger charge is -2.38. The van der Waals surface area contributed by atoms with Gasteiger partial charge < -0.3 is 10.5 Å². The molecule has 1 saturated heterocycles. The fourth-order valence-electron chi connectivity index (χ4n) is 4.06. The molecule has 1 amide bonds. The monoisotopic (exact) mass is 415 g/mol. The van der Waals surface area contributed by atoms with E-state index >= 15 is 0 Å². The predicted octanol–water partition coefficient (Wildman–Crippen LogP) is 1.90. The minimum absolute atomic E-state index is 0.0537. The van der Waals surface area contributed by atoms with Crippen LogP contribution in [0.5, 0.6) is 5.75 Å². The number of piperidine rings is 1. The Morgan fingerprint density at radius 1 is 1.38 bits per heavy atom. The van der Waals surface area contributed by atoms with E-state index in [9.17, 15) is 9.59 Å². The fourth-order valence-corrected chi connectivity index (χ4v) is 5.33. The van der Waals surface area contributed by atoms with Gasteiger partial charge in [0.1, 0.15) is 11.0 Å². The first-order valence-electron chi connectivity index (χ1n) is 9.86. The van der Waals surface area contributed by atoms with Crippen LogP contribution in [0.25, 0.3) is 0 Å². The molecule has 2 aromatic rings. The number of aryl methyl sites for hydroxylation is 1. The second-order valence-corrected chi connectivity index (χ2v) is 8.50. The van der Waals surface area contributed by atoms with Gasteiger partial charge in [-0.15, -0.1) is 5.10 Å². The average molecular weight is 416 g/mol. The Hall–Kier alpha value is -2.39. The summed E-state index contributed by atoms with van der Waals surface area (Å²) in [5.74, 6) is 1.03. The second kappa shape index (κ2) is 8.16. The van der Waals surface area contributed by atoms with E-state index in [4.69, 9.17) is 10.5 Å². The molecule has 0 bridgehead atoms. The number of nitrogens with zero attached hydrogens (tertiary/aromatic N) is 4. The number of likely N-dealkylation sites (tertiary alicyclic amines) is 1. The number of rotatable bonds is 6. The number of amides is 1. The first-order chi connectivity index (χ1) is 14.0. The summed E-state index contributed by atoms with van der Waals surface area (Å²) in [6.07, 6.45) is 2.09. The Labute approximate surface area is 173 Å². The van der Waals surface area contributed by atoms with Gasteiger partial charge in [0, 0.05) is 12.3 Å². The van der Waals surface area contributed by atoms with E-state index in [1.54, 1.807) is 7.11 Å². The highest BCUT2D eigenvalue weighted by atomic mass is 32.2. The normalized spacial score (nSPS) is 21.2. The molecule has 0 spiro atoms. The van der Waals surface area contributed by atoms with Crippen LogP contribution < -0.4 is 10.5 Å². The largest absolute Gasteiger partial charge is 0.497 e. The third-order valence-electron chi connectivity index (χ3n) is 5.67. The van der Waals surface area contributed by atoms with E-state index in [0.717, 1.165) is 11.3 Å². The smallest absolute Gasteiger partial charge is 0.264 e. The first-order valence-corrected chi connectivity index (χ1v) is 10.7. The van der Waals surface area contributed by atoms with Crippen LogP contribution in [0.15, 0.2) is 29.4 Å². The van der Waals surface area contributed by atoms with E-state index in [0.29, 0.717) is 43.3 Å². The van der Waals surface area contributed by atoms with Gasteiger partial charge in [-0.1, -0.05) is 30.8 Å². The standard InChI is InChI=1S/C20H25N5O3S/c1-3-15-22-20-25(23-15)19(27)17(29-20)16(13-5-4-6-14(11-13)28-2)24-9-7-12(8-10-24)18(21)26/h4-6,11-12,16-17H,3,7-10H2,1-2H3,(H2,21,26). The first kappa shape index (κ1) is 19.9. The van der Waals surface area contributed by atoms with Gasteiger partial charge in [0.2, 0.25) is 5.91 Å². The van der Waals surface area contributed by atoms with Crippen molar-refractivity contribution in [3.8, 4) is 5.75 Å². The molecule has 0 aliphatic carbocycles. The van der Waals surface area contributed by atoms with Crippen molar-refractivity contribution in [1.82, 2.24) is 19.7 Å². The van der Waals surface area contributed by atoms with Gasteiger partial charge in [-0.3, -0.25) is 14.5 Å². The van der Waals surface area contributed by atoms with Gasteiger partial charge in [-0.2, -0.15) is 4.68 Å². The molecule has 2 atom stereocenters. The summed E-state index contributed by atoms with van der Waals surface area (Å²) in [5, 5.41) is 4.66. The maximum absolute atomic E-state index is 13.2. The highest BCUT2D eigenvalue weighted by Gasteiger charge is 2.44. The van der Waals surface area contributed by atoms with Crippen molar-refractivity contribution in [1.29, 1.82) is 0 Å². The van der Waals surface area contributed by atoms with Crippen LogP contribution in [0.2, 0.25) is 0 Å². The summed E-state index contributed by atoms with van der Waals surface area (Å²) in [6.45, 7) is 3.38. The molecule has 8 nitrogen and oxygen atoms in total. The zero-order valence-corrected chi connectivity index (χ0v) is 17.4. The molecule has 1 aromatic heterocycles. The van der Waals surface area contributed by atoms with E-state index in [1.807, 2.05) is 31.2 Å². The maximum atomic E-state index is 13.2. The minimum atomic E-state index is -0.354. The third kappa shape index (κ3) is 3.76. The van der Waals surface area contributed by atoms with Crippen molar-refractivity contribution in [2.75, 3.05) is 20.2 Å². The highest BCUT2D eigenvalue weighted by Crippen LogP contribution is 2.42. The quantitative estimate of drug-likeness (QED) is 0.768. The van der Waals surface area contributed by atoms with Crippen molar-refractivity contribution in [3.63, 3.8) is 0 Å². The molecule has 2 aliphatic heterocycles. The van der Waals surface area contributed by atoms with Crippen LogP contribution in [0.4, 0.5) is 0 Å². The molecule has 2 unspecified atom stereocenters. The number of carbonyl (C=O) groups excluding carboxylic acids is 2. The van der Waals surface area contributed by atoms with E-state index in [-0.39, 0.29) is 29.0 Å². The Kier molecular flexibility index (Phi) is 5.60. The van der Waals surface area contributed by atoms with Crippen LogP contribution in [-0.2, 0) is 11.2 Å². The predicted molar refractivity (Wildman–Crippen MR) is 109 cm³/mol. The van der Waals surface area contributed by atoms with Crippen molar-refractivity contribution in [2.24, 2.45) is 11.7 Å². The number of nitrogens with two attached hydrogens (primary N) is 1. The molecule has 0 saturated carbocycles. The molecule has 9 heteroatoms. The summed E-state index contributed by atoms with van der Waals surface area (Å²) in [4.78, 5) is 31.6. The summed E-state index contributed by atoms with van der Waals surface area (Å²) in [7, 11) is 1.63. The second-order valence-electron chi connectivity index (χ2n) is 7.39. The van der Waals surface area contributed by atoms with E-state index < -0.39 is 0 Å². The molecule has 2 N–H and O–H groups in total. The Morgan fingerprint density at radius 2 is 2.14 bits per heavy atom. The van der Waals surface area contributed by atoms with Crippen molar-refractivity contribution < 1.29 is 14.3 Å². The fraction of sp³-hybridized carbons (Fsp3) is 0.500. The summed E-state index contributed by atoms with van der Waals surface area (Å²) in [5.41, 5.74) is 6.51. The molecule has 0 radical (unpaired) electrons. The molecular weight excluding hydrogens is 390 g/mol. The number of methoxy groups -OCH3 is 1. The van der Waals surface area contributed by atoms with Gasteiger partial charge >= 0.3 is 0 Å². The number of carbonyl (C=O) groups is 2. The summed E-state index contributed by atoms with van der Waals surface area (Å²) >= 11 is 1.46. The van der Waals surface area contributed by atoms with Crippen LogP contribution in [0.3, 0.4) is 0 Å². The van der Waals surface area contributed by atoms with E-state index in [2.05, 4.69) is 15.0 Å². The van der Waals surface area contributed by atoms with Gasteiger partial charge in [0.05, 0.1) is 13.2 Å². The van der Waals surface area contributed by atoms with Crippen LogP contribution in [0.1, 0.15) is 42.0 Å². The van der Waals surface area contributed by atoms with Crippen molar-refractivity contribution >= 4 is 23.6 Å². The van der Waals surface area contributed by atoms with Crippen LogP contribution in [-0.4, -0.2) is 56.9 Å². The number of hydrogen-bond acceptors (Lipinski definition) is 7. The SMILES string of the molecule is CCc1nc2n(n1)C(=O)C(C(c1cccc(OC)c1)N1CCC(C(N)=O)CC1)S2. The topological polar surface area (TPSA) is 103 Å². The number of benzene rings is 1. The number of fused-ring (bicyclic) bond motifs is 1. The maximum Gasteiger partial charge on any atom is 0.264 e. The Balaban J connectivity index is 1.65. The number of primary amides is 1. The molecule has 1 fully saturated rings. The van der Waals surface area contributed by atoms with E-state index in [1.165, 1.54) is 16.4 Å². The lowest BCUT2D eigenvalue weighted by Crippen LogP contribution is -2.45. The number of aromatic nitrogens is 3. The van der Waals surface area contributed by atoms with Crippen molar-refractivity contribution in [3.05, 3.63) is 35.7 Å². The molecule has 29 heavy (non-hydrogen) atoms. The minimum Gasteiger partial charge on any atom is -0.497 e. The van der Waals surface area contributed by atoms with Gasteiger partial charge in [0.15, 0.2) is 11.0 Å². The lowest BCUT2D eigenvalue weighted by molar-refractivity contribution is -0.123. The van der Waals surface area contributed by atoms with Gasteiger partial charge in [0.25, 0.3) is 5.91 Å². The zero-order valence-electron chi connectivity index (χ0n) is 16.6. The number of thioether (sulfide) groups is 1. The molecule has 4 rings (SSSR count). The number of ether oxygens (including phenoxy) is 1. The highest BCUT2D eigenvalue weighted by molar-refractivity contribution is 8.00.